The Hall–Kier alpha value is -4.87. The van der Waals surface area contributed by atoms with Crippen LogP contribution in [0.15, 0.2) is 67.0 Å². The summed E-state index contributed by atoms with van der Waals surface area (Å²) in [7, 11) is 0. The molecule has 1 aliphatic carbocycles. The van der Waals surface area contributed by atoms with E-state index in [1.54, 1.807) is 27.1 Å². The highest BCUT2D eigenvalue weighted by Gasteiger charge is 2.43. The van der Waals surface area contributed by atoms with E-state index in [9.17, 15) is 19.2 Å². The van der Waals surface area contributed by atoms with E-state index in [2.05, 4.69) is 10.3 Å². The second-order valence-corrected chi connectivity index (χ2v) is 13.6. The minimum atomic E-state index is -0.919. The summed E-state index contributed by atoms with van der Waals surface area (Å²) in [6.07, 6.45) is 8.87. The van der Waals surface area contributed by atoms with Crippen LogP contribution < -0.4 is 15.8 Å². The van der Waals surface area contributed by atoms with Gasteiger partial charge in [0, 0.05) is 18.2 Å². The predicted octanol–water partition coefficient (Wildman–Crippen LogP) is 4.98. The molecule has 5 atom stereocenters. The molecule has 1 aliphatic heterocycles. The number of amides is 3. The van der Waals surface area contributed by atoms with E-state index < -0.39 is 47.7 Å². The molecule has 3 aromatic rings. The molecule has 4 N–H and O–H groups in total. The van der Waals surface area contributed by atoms with Crippen LogP contribution in [-0.2, 0) is 19.1 Å². The molecule has 1 aromatic heterocycles. The number of fused-ring (bicyclic) bond motifs is 1. The van der Waals surface area contributed by atoms with Gasteiger partial charge in [-0.1, -0.05) is 43.2 Å². The van der Waals surface area contributed by atoms with Crippen LogP contribution in [-0.4, -0.2) is 73.8 Å². The van der Waals surface area contributed by atoms with Gasteiger partial charge in [-0.3, -0.25) is 19.0 Å². The van der Waals surface area contributed by atoms with Crippen LogP contribution in [0.3, 0.4) is 0 Å². The molecular weight excluding hydrogens is 614 g/mol. The molecule has 12 heteroatoms. The summed E-state index contributed by atoms with van der Waals surface area (Å²) in [5.41, 5.74) is 7.64. The van der Waals surface area contributed by atoms with E-state index in [1.165, 1.54) is 4.90 Å². The smallest absolute Gasteiger partial charge is 0.408 e. The van der Waals surface area contributed by atoms with Crippen LogP contribution in [0.1, 0.15) is 65.7 Å². The Balaban J connectivity index is 1.21. The van der Waals surface area contributed by atoms with Crippen LogP contribution in [0, 0.1) is 11.8 Å². The first-order valence-corrected chi connectivity index (χ1v) is 16.6. The molecule has 1 saturated carbocycles. The van der Waals surface area contributed by atoms with Gasteiger partial charge in [-0.25, -0.2) is 9.78 Å². The first-order valence-electron chi connectivity index (χ1n) is 16.6. The summed E-state index contributed by atoms with van der Waals surface area (Å²) in [6, 6.07) is 13.6. The molecule has 0 spiro atoms. The van der Waals surface area contributed by atoms with Crippen molar-refractivity contribution in [2.45, 2.75) is 89.5 Å². The van der Waals surface area contributed by atoms with Crippen molar-refractivity contribution in [1.29, 1.82) is 0 Å². The maximum atomic E-state index is 13.9. The van der Waals surface area contributed by atoms with Crippen molar-refractivity contribution in [2.24, 2.45) is 17.6 Å². The minimum absolute atomic E-state index is 0.121. The van der Waals surface area contributed by atoms with E-state index in [-0.39, 0.29) is 24.8 Å². The summed E-state index contributed by atoms with van der Waals surface area (Å²) in [6.45, 7) is 5.35. The summed E-state index contributed by atoms with van der Waals surface area (Å²) in [5.74, 6) is -1.39. The normalized spacial score (nSPS) is 21.3. The number of aromatic nitrogens is 2. The first-order chi connectivity index (χ1) is 22.9. The number of primary amides is 1. The number of allylic oxidation sites excluding steroid dienone is 2. The van der Waals surface area contributed by atoms with Gasteiger partial charge in [-0.15, -0.1) is 0 Å². The lowest BCUT2D eigenvalue weighted by Crippen LogP contribution is -2.53. The molecule has 0 unspecified atom stereocenters. The maximum Gasteiger partial charge on any atom is 0.408 e. The number of nitrogens with two attached hydrogens (primary N) is 1. The fraction of sp³-hybridized carbons (Fsp3) is 0.472. The number of likely N-dealkylation sites (tertiary alicyclic amines) is 1. The fourth-order valence-electron chi connectivity index (χ4n) is 6.13. The topological polar surface area (TPSA) is 166 Å². The second-order valence-electron chi connectivity index (χ2n) is 13.6. The lowest BCUT2D eigenvalue weighted by atomic mass is 10.0. The number of carboxylic acid groups (broad SMARTS) is 1. The number of imidazole rings is 1. The third kappa shape index (κ3) is 8.93. The van der Waals surface area contributed by atoms with E-state index >= 15 is 0 Å². The van der Waals surface area contributed by atoms with Gasteiger partial charge in [0.2, 0.25) is 11.8 Å². The van der Waals surface area contributed by atoms with Crippen molar-refractivity contribution in [3.63, 3.8) is 0 Å². The van der Waals surface area contributed by atoms with Gasteiger partial charge in [0.05, 0.1) is 23.5 Å². The SMILES string of the molecule is CC(C)(C)OC(=O)N[C@@H](CCCCC/C=C\[C@@H]1C[C@@H]1C(=O)O)C(=O)N1C[C@H](Oc2ccc3c(c2)ncn3-c2ccccc2)C[C@H]1C(N)=O. The number of carboxylic acids is 1. The van der Waals surface area contributed by atoms with E-state index in [1.807, 2.05) is 65.3 Å². The summed E-state index contributed by atoms with van der Waals surface area (Å²) in [5, 5.41) is 11.8. The van der Waals surface area contributed by atoms with Gasteiger partial charge in [0.25, 0.3) is 0 Å². The zero-order valence-corrected chi connectivity index (χ0v) is 27.7. The monoisotopic (exact) mass is 659 g/mol. The average molecular weight is 660 g/mol. The zero-order valence-electron chi connectivity index (χ0n) is 27.7. The number of hydrogen-bond donors (Lipinski definition) is 3. The minimum Gasteiger partial charge on any atom is -0.488 e. The largest absolute Gasteiger partial charge is 0.488 e. The highest BCUT2D eigenvalue weighted by molar-refractivity contribution is 5.91. The second kappa shape index (κ2) is 14.9. The van der Waals surface area contributed by atoms with Gasteiger partial charge in [-0.05, 0) is 76.6 Å². The Morgan fingerprint density at radius 3 is 2.54 bits per heavy atom. The van der Waals surface area contributed by atoms with Crippen molar-refractivity contribution in [3.8, 4) is 11.4 Å². The number of hydrogen-bond acceptors (Lipinski definition) is 7. The quantitative estimate of drug-likeness (QED) is 0.161. The van der Waals surface area contributed by atoms with E-state index in [0.29, 0.717) is 25.0 Å². The Labute approximate surface area is 280 Å². The molecule has 0 bridgehead atoms. The average Bonchev–Trinajstić information content (AvgIpc) is 3.50. The van der Waals surface area contributed by atoms with E-state index in [0.717, 1.165) is 36.0 Å². The number of carbonyl (C=O) groups excluding carboxylic acids is 3. The van der Waals surface area contributed by atoms with Crippen LogP contribution in [0.25, 0.3) is 16.7 Å². The number of benzene rings is 2. The lowest BCUT2D eigenvalue weighted by Gasteiger charge is -2.28. The van der Waals surface area contributed by atoms with Crippen molar-refractivity contribution >= 4 is 34.9 Å². The molecule has 48 heavy (non-hydrogen) atoms. The third-order valence-electron chi connectivity index (χ3n) is 8.62. The van der Waals surface area contributed by atoms with Gasteiger partial charge in [0.15, 0.2) is 0 Å². The number of nitrogens with one attached hydrogen (secondary N) is 1. The molecule has 5 rings (SSSR count). The Kier molecular flexibility index (Phi) is 10.7. The molecular formula is C36H45N5O7. The molecule has 2 heterocycles. The van der Waals surface area contributed by atoms with Crippen LogP contribution in [0.5, 0.6) is 5.75 Å². The number of carbonyl (C=O) groups is 4. The number of aliphatic carboxylic acids is 1. The third-order valence-corrected chi connectivity index (χ3v) is 8.62. The van der Waals surface area contributed by atoms with Crippen molar-refractivity contribution in [1.82, 2.24) is 19.8 Å². The molecule has 3 amide bonds. The molecule has 2 aromatic carbocycles. The van der Waals surface area contributed by atoms with Gasteiger partial charge >= 0.3 is 12.1 Å². The molecule has 1 saturated heterocycles. The van der Waals surface area contributed by atoms with Crippen molar-refractivity contribution in [3.05, 3.63) is 67.0 Å². The molecule has 2 aliphatic rings. The first kappa shape index (κ1) is 34.5. The summed E-state index contributed by atoms with van der Waals surface area (Å²) < 4.78 is 13.7. The van der Waals surface area contributed by atoms with Gasteiger partial charge in [0.1, 0.15) is 35.9 Å². The Morgan fingerprint density at radius 2 is 1.85 bits per heavy atom. The molecule has 256 valence electrons. The number of nitrogens with zero attached hydrogens (tertiary/aromatic N) is 3. The number of alkyl carbamates (subject to hydrolysis) is 1. The fourth-order valence-corrected chi connectivity index (χ4v) is 6.13. The molecule has 2 fully saturated rings. The summed E-state index contributed by atoms with van der Waals surface area (Å²) in [4.78, 5) is 56.2. The van der Waals surface area contributed by atoms with Gasteiger partial charge < -0.3 is 30.5 Å². The standard InChI is InChI=1S/C36H45N5O7/c1-36(2,3)48-35(46)39-28(15-11-6-4-5-8-12-23-18-27(23)34(44)45)33(43)40-21-26(20-31(40)32(37)42)47-25-16-17-30-29(19-25)38-22-41(30)24-13-9-7-10-14-24/h7-10,12-14,16-17,19,22-23,26-28,31H,4-6,11,15,18,20-21H2,1-3H3,(H2,37,42)(H,39,46)(H,44,45)/b12-8-/t23-,26-,27+,28+,31+/m1/s1. The van der Waals surface area contributed by atoms with Gasteiger partial charge in [-0.2, -0.15) is 0 Å². The van der Waals surface area contributed by atoms with Crippen LogP contribution in [0.4, 0.5) is 4.79 Å². The highest BCUT2D eigenvalue weighted by Crippen LogP contribution is 2.39. The highest BCUT2D eigenvalue weighted by atomic mass is 16.6. The summed E-state index contributed by atoms with van der Waals surface area (Å²) >= 11 is 0. The Bertz CT molecular complexity index is 1650. The van der Waals surface area contributed by atoms with E-state index in [4.69, 9.17) is 20.3 Å². The number of rotatable bonds is 14. The van der Waals surface area contributed by atoms with Crippen molar-refractivity contribution in [2.75, 3.05) is 6.54 Å². The van der Waals surface area contributed by atoms with Crippen molar-refractivity contribution < 1.29 is 33.8 Å². The maximum absolute atomic E-state index is 13.9. The van der Waals surface area contributed by atoms with Crippen LogP contribution >= 0.6 is 0 Å². The number of para-hydroxylation sites is 1. The van der Waals surface area contributed by atoms with Crippen LogP contribution in [0.2, 0.25) is 0 Å². The number of ether oxygens (including phenoxy) is 2. The molecule has 12 nitrogen and oxygen atoms in total. The molecule has 0 radical (unpaired) electrons. The number of unbranched alkanes of at least 4 members (excludes halogenated alkanes) is 3. The lowest BCUT2D eigenvalue weighted by molar-refractivity contribution is -0.139. The Morgan fingerprint density at radius 1 is 1.08 bits per heavy atom. The zero-order chi connectivity index (χ0) is 34.4. The predicted molar refractivity (Wildman–Crippen MR) is 179 cm³/mol.